The van der Waals surface area contributed by atoms with Gasteiger partial charge in [-0.15, -0.1) is 0 Å². The molecular formula is C18H14BrFN4O2. The number of rotatable bonds is 1. The number of nitrogen functional groups attached to an aromatic ring is 1. The van der Waals surface area contributed by atoms with Crippen LogP contribution in [0, 0.1) is 5.82 Å². The number of halogens is 2. The molecule has 8 heteroatoms. The van der Waals surface area contributed by atoms with Crippen molar-refractivity contribution in [1.29, 1.82) is 0 Å². The second-order valence-corrected chi connectivity index (χ2v) is 7.19. The van der Waals surface area contributed by atoms with Crippen molar-refractivity contribution in [3.8, 4) is 17.1 Å². The van der Waals surface area contributed by atoms with E-state index in [1.54, 1.807) is 6.07 Å². The van der Waals surface area contributed by atoms with Crippen LogP contribution in [0.15, 0.2) is 33.2 Å². The van der Waals surface area contributed by atoms with Crippen LogP contribution in [0.3, 0.4) is 0 Å². The van der Waals surface area contributed by atoms with Crippen LogP contribution >= 0.6 is 15.9 Å². The lowest BCUT2D eigenvalue weighted by atomic mass is 10.1. The van der Waals surface area contributed by atoms with E-state index in [1.807, 2.05) is 12.1 Å². The Kier molecular flexibility index (Phi) is 3.43. The first-order chi connectivity index (χ1) is 12.6. The maximum absolute atomic E-state index is 14.5. The molecule has 0 amide bonds. The molecule has 1 aliphatic rings. The SMILES string of the molecule is Nc1nc2cc(-c3nc4cc(Br)cc5c4n3CCCCO5)cc(F)c2o1. The lowest BCUT2D eigenvalue weighted by molar-refractivity contribution is 0.299. The number of fused-ring (bicyclic) bond motifs is 1. The highest BCUT2D eigenvalue weighted by Crippen LogP contribution is 2.36. The Morgan fingerprint density at radius 2 is 2.00 bits per heavy atom. The first-order valence-electron chi connectivity index (χ1n) is 8.28. The zero-order valence-corrected chi connectivity index (χ0v) is 15.2. The summed E-state index contributed by atoms with van der Waals surface area (Å²) < 4.78 is 28.5. The van der Waals surface area contributed by atoms with Gasteiger partial charge in [-0.25, -0.2) is 9.37 Å². The molecule has 0 atom stereocenters. The van der Waals surface area contributed by atoms with Gasteiger partial charge in [0, 0.05) is 16.6 Å². The minimum absolute atomic E-state index is 0.0569. The van der Waals surface area contributed by atoms with E-state index in [1.165, 1.54) is 6.07 Å². The van der Waals surface area contributed by atoms with Gasteiger partial charge < -0.3 is 19.5 Å². The highest BCUT2D eigenvalue weighted by atomic mass is 79.9. The number of aryl methyl sites for hydroxylation is 1. The largest absolute Gasteiger partial charge is 0.491 e. The van der Waals surface area contributed by atoms with E-state index in [2.05, 4.69) is 25.5 Å². The quantitative estimate of drug-likeness (QED) is 0.494. The normalized spacial score (nSPS) is 14.4. The topological polar surface area (TPSA) is 79.1 Å². The minimum atomic E-state index is -0.509. The predicted molar refractivity (Wildman–Crippen MR) is 99.5 cm³/mol. The van der Waals surface area contributed by atoms with Crippen LogP contribution in [0.2, 0.25) is 0 Å². The van der Waals surface area contributed by atoms with E-state index in [4.69, 9.17) is 19.9 Å². The van der Waals surface area contributed by atoms with E-state index in [-0.39, 0.29) is 11.6 Å². The summed E-state index contributed by atoms with van der Waals surface area (Å²) in [4.78, 5) is 8.80. The molecule has 132 valence electrons. The summed E-state index contributed by atoms with van der Waals surface area (Å²) in [6.07, 6.45) is 1.90. The third-order valence-corrected chi connectivity index (χ3v) is 4.98. The molecule has 26 heavy (non-hydrogen) atoms. The lowest BCUT2D eigenvalue weighted by Gasteiger charge is -2.16. The number of imidazole rings is 1. The summed E-state index contributed by atoms with van der Waals surface area (Å²) in [6.45, 7) is 1.45. The monoisotopic (exact) mass is 416 g/mol. The summed E-state index contributed by atoms with van der Waals surface area (Å²) in [7, 11) is 0. The molecule has 6 nitrogen and oxygen atoms in total. The Bertz CT molecular complexity index is 1170. The summed E-state index contributed by atoms with van der Waals surface area (Å²) in [5.41, 5.74) is 8.34. The highest BCUT2D eigenvalue weighted by Gasteiger charge is 2.21. The lowest BCUT2D eigenvalue weighted by Crippen LogP contribution is -2.08. The van der Waals surface area contributed by atoms with E-state index in [0.717, 1.165) is 40.6 Å². The Labute approximate surface area is 155 Å². The van der Waals surface area contributed by atoms with E-state index in [9.17, 15) is 4.39 Å². The molecule has 2 N–H and O–H groups in total. The number of nitrogens with zero attached hydrogens (tertiary/aromatic N) is 3. The number of oxazole rings is 1. The smallest absolute Gasteiger partial charge is 0.293 e. The summed E-state index contributed by atoms with van der Waals surface area (Å²) in [6, 6.07) is 6.98. The third-order valence-electron chi connectivity index (χ3n) is 4.52. The van der Waals surface area contributed by atoms with Crippen molar-refractivity contribution in [3.05, 3.63) is 34.6 Å². The van der Waals surface area contributed by atoms with Crippen LogP contribution in [0.5, 0.6) is 5.75 Å². The molecule has 0 aliphatic carbocycles. The van der Waals surface area contributed by atoms with Gasteiger partial charge in [0.25, 0.3) is 6.01 Å². The molecule has 3 heterocycles. The fraction of sp³-hybridized carbons (Fsp3) is 0.222. The number of hydrogen-bond acceptors (Lipinski definition) is 5. The summed E-state index contributed by atoms with van der Waals surface area (Å²) in [5, 5.41) is 0. The number of aromatic nitrogens is 3. The van der Waals surface area contributed by atoms with Gasteiger partial charge in [0.2, 0.25) is 0 Å². The zero-order valence-electron chi connectivity index (χ0n) is 13.6. The standard InChI is InChI=1S/C18H14BrFN4O2/c19-10-7-12-15-14(8-10)25-4-2-1-3-24(15)17(22-12)9-5-11(20)16-13(6-9)23-18(21)26-16/h5-8H,1-4H2,(H2,21,23). The van der Waals surface area contributed by atoms with Crippen molar-refractivity contribution in [2.24, 2.45) is 0 Å². The molecule has 0 spiro atoms. The van der Waals surface area contributed by atoms with Crippen molar-refractivity contribution in [2.75, 3.05) is 12.3 Å². The number of benzene rings is 2. The summed E-state index contributed by atoms with van der Waals surface area (Å²) >= 11 is 3.50. The van der Waals surface area contributed by atoms with E-state index in [0.29, 0.717) is 23.5 Å². The average Bonchev–Trinajstić information content (AvgIpc) is 3.12. The second kappa shape index (κ2) is 5.70. The van der Waals surface area contributed by atoms with Gasteiger partial charge in [-0.05, 0) is 37.1 Å². The molecule has 4 aromatic rings. The molecule has 0 saturated heterocycles. The van der Waals surface area contributed by atoms with Crippen LogP contribution in [0.1, 0.15) is 12.8 Å². The minimum Gasteiger partial charge on any atom is -0.491 e. The molecular weight excluding hydrogens is 403 g/mol. The van der Waals surface area contributed by atoms with Gasteiger partial charge >= 0.3 is 0 Å². The van der Waals surface area contributed by atoms with Crippen molar-refractivity contribution in [2.45, 2.75) is 19.4 Å². The van der Waals surface area contributed by atoms with Crippen LogP contribution in [0.4, 0.5) is 10.4 Å². The first-order valence-corrected chi connectivity index (χ1v) is 9.08. The Balaban J connectivity index is 1.81. The number of ether oxygens (including phenoxy) is 1. The molecule has 0 radical (unpaired) electrons. The molecule has 0 fully saturated rings. The van der Waals surface area contributed by atoms with Gasteiger partial charge in [0.05, 0.1) is 12.1 Å². The predicted octanol–water partition coefficient (Wildman–Crippen LogP) is 4.50. The highest BCUT2D eigenvalue weighted by molar-refractivity contribution is 9.10. The maximum atomic E-state index is 14.5. The molecule has 2 aromatic heterocycles. The molecule has 5 rings (SSSR count). The van der Waals surface area contributed by atoms with E-state index >= 15 is 0 Å². The van der Waals surface area contributed by atoms with Crippen LogP contribution in [-0.2, 0) is 6.54 Å². The number of anilines is 1. The van der Waals surface area contributed by atoms with Crippen LogP contribution < -0.4 is 10.5 Å². The van der Waals surface area contributed by atoms with Crippen LogP contribution in [0.25, 0.3) is 33.5 Å². The summed E-state index contributed by atoms with van der Waals surface area (Å²) in [5.74, 6) is 0.942. The fourth-order valence-corrected chi connectivity index (χ4v) is 3.86. The number of hydrogen-bond donors (Lipinski definition) is 1. The fourth-order valence-electron chi connectivity index (χ4n) is 3.44. The van der Waals surface area contributed by atoms with Crippen molar-refractivity contribution in [1.82, 2.24) is 14.5 Å². The second-order valence-electron chi connectivity index (χ2n) is 6.27. The van der Waals surface area contributed by atoms with E-state index < -0.39 is 5.82 Å². The van der Waals surface area contributed by atoms with Crippen LogP contribution in [-0.4, -0.2) is 21.1 Å². The average molecular weight is 417 g/mol. The Morgan fingerprint density at radius 3 is 2.88 bits per heavy atom. The Hall–Kier alpha value is -2.61. The van der Waals surface area contributed by atoms with Crippen molar-refractivity contribution >= 4 is 44.1 Å². The van der Waals surface area contributed by atoms with Gasteiger partial charge in [0.1, 0.15) is 22.6 Å². The van der Waals surface area contributed by atoms with Gasteiger partial charge in [-0.1, -0.05) is 15.9 Å². The number of nitrogens with two attached hydrogens (primary N) is 1. The Morgan fingerprint density at radius 1 is 1.12 bits per heavy atom. The van der Waals surface area contributed by atoms with Crippen molar-refractivity contribution in [3.63, 3.8) is 0 Å². The zero-order chi connectivity index (χ0) is 17.8. The van der Waals surface area contributed by atoms with Crippen molar-refractivity contribution < 1.29 is 13.5 Å². The third kappa shape index (κ3) is 2.36. The molecule has 0 unspecified atom stereocenters. The van der Waals surface area contributed by atoms with Gasteiger partial charge in [-0.3, -0.25) is 0 Å². The first kappa shape index (κ1) is 15.6. The molecule has 1 aliphatic heterocycles. The van der Waals surface area contributed by atoms with Gasteiger partial charge in [-0.2, -0.15) is 4.98 Å². The van der Waals surface area contributed by atoms with Gasteiger partial charge in [0.15, 0.2) is 11.4 Å². The molecule has 0 saturated carbocycles. The maximum Gasteiger partial charge on any atom is 0.293 e. The molecule has 2 aromatic carbocycles. The molecule has 0 bridgehead atoms.